The molecule has 0 saturated carbocycles. The smallest absolute Gasteiger partial charge is 0.221 e. The molecule has 1 aromatic rings. The summed E-state index contributed by atoms with van der Waals surface area (Å²) < 4.78 is 21.8. The average molecular weight is 259 g/mol. The summed E-state index contributed by atoms with van der Waals surface area (Å²) in [6.45, 7) is 1.92. The lowest BCUT2D eigenvalue weighted by Crippen LogP contribution is -2.30. The van der Waals surface area contributed by atoms with Crippen molar-refractivity contribution in [1.29, 1.82) is 0 Å². The van der Waals surface area contributed by atoms with E-state index in [1.54, 1.807) is 12.4 Å². The van der Waals surface area contributed by atoms with Gasteiger partial charge in [-0.3, -0.25) is 4.79 Å². The molecule has 1 atom stereocenters. The number of rotatable bonds is 6. The molecule has 0 spiro atoms. The zero-order valence-electron chi connectivity index (χ0n) is 9.93. The highest BCUT2D eigenvalue weighted by molar-refractivity contribution is 7.90. The van der Waals surface area contributed by atoms with Gasteiger partial charge in [0.05, 0.1) is 11.8 Å². The Balaban J connectivity index is 2.49. The van der Waals surface area contributed by atoms with Gasteiger partial charge in [-0.25, -0.2) is 13.4 Å². The predicted octanol–water partition coefficient (Wildman–Crippen LogP) is 0.412. The summed E-state index contributed by atoms with van der Waals surface area (Å²) in [5.74, 6) is 0.270. The molecule has 0 aliphatic rings. The van der Waals surface area contributed by atoms with Gasteiger partial charge in [0, 0.05) is 25.1 Å². The highest BCUT2D eigenvalue weighted by atomic mass is 32.2. The van der Waals surface area contributed by atoms with E-state index in [1.807, 2.05) is 6.92 Å². The van der Waals surface area contributed by atoms with Crippen molar-refractivity contribution in [1.82, 2.24) is 15.3 Å². The number of hydrogen-bond donors (Lipinski definition) is 2. The van der Waals surface area contributed by atoms with Crippen LogP contribution in [0.25, 0.3) is 0 Å². The second-order valence-corrected chi connectivity index (χ2v) is 6.14. The van der Waals surface area contributed by atoms with Crippen molar-refractivity contribution in [2.75, 3.05) is 12.0 Å². The third kappa shape index (κ3) is 4.99. The summed E-state index contributed by atoms with van der Waals surface area (Å²) >= 11 is 0. The lowest BCUT2D eigenvalue weighted by molar-refractivity contribution is -0.121. The van der Waals surface area contributed by atoms with Crippen LogP contribution in [0.3, 0.4) is 0 Å². The normalized spacial score (nSPS) is 13.3. The van der Waals surface area contributed by atoms with Crippen molar-refractivity contribution in [2.24, 2.45) is 0 Å². The van der Waals surface area contributed by atoms with Crippen LogP contribution >= 0.6 is 0 Å². The molecule has 0 aliphatic carbocycles. The van der Waals surface area contributed by atoms with Gasteiger partial charge < -0.3 is 10.3 Å². The third-order valence-corrected chi connectivity index (χ3v) is 3.24. The Hall–Kier alpha value is -1.37. The van der Waals surface area contributed by atoms with Gasteiger partial charge in [0.2, 0.25) is 5.91 Å². The number of hydrogen-bond acceptors (Lipinski definition) is 4. The van der Waals surface area contributed by atoms with E-state index in [0.717, 1.165) is 6.26 Å². The van der Waals surface area contributed by atoms with Crippen molar-refractivity contribution in [3.05, 3.63) is 18.2 Å². The highest BCUT2D eigenvalue weighted by Gasteiger charge is 2.15. The number of carbonyl (C=O) groups is 1. The Bertz CT molecular complexity index is 453. The molecule has 0 radical (unpaired) electrons. The number of sulfone groups is 1. The van der Waals surface area contributed by atoms with Crippen LogP contribution in [0.2, 0.25) is 0 Å². The van der Waals surface area contributed by atoms with Crippen LogP contribution < -0.4 is 5.32 Å². The maximum atomic E-state index is 11.5. The van der Waals surface area contributed by atoms with Crippen molar-refractivity contribution in [3.63, 3.8) is 0 Å². The molecule has 96 valence electrons. The van der Waals surface area contributed by atoms with Crippen molar-refractivity contribution in [3.8, 4) is 0 Å². The fourth-order valence-electron chi connectivity index (χ4n) is 1.38. The Kier molecular flexibility index (Phi) is 4.68. The summed E-state index contributed by atoms with van der Waals surface area (Å²) in [4.78, 5) is 18.5. The number of amides is 1. The zero-order chi connectivity index (χ0) is 12.9. The summed E-state index contributed by atoms with van der Waals surface area (Å²) in [6, 6.07) is -0.197. The number of carbonyl (C=O) groups excluding carboxylic acids is 1. The van der Waals surface area contributed by atoms with E-state index in [2.05, 4.69) is 15.3 Å². The van der Waals surface area contributed by atoms with Gasteiger partial charge in [-0.05, 0) is 6.42 Å². The Labute approximate surface area is 101 Å². The Morgan fingerprint density at radius 1 is 1.59 bits per heavy atom. The first-order chi connectivity index (χ1) is 7.92. The molecule has 0 fully saturated rings. The first-order valence-corrected chi connectivity index (χ1v) is 7.44. The van der Waals surface area contributed by atoms with E-state index in [9.17, 15) is 13.2 Å². The number of imidazole rings is 1. The topological polar surface area (TPSA) is 91.9 Å². The van der Waals surface area contributed by atoms with E-state index < -0.39 is 9.84 Å². The van der Waals surface area contributed by atoms with Crippen LogP contribution in [-0.4, -0.2) is 36.3 Å². The van der Waals surface area contributed by atoms with Crippen molar-refractivity contribution in [2.45, 2.75) is 25.8 Å². The highest BCUT2D eigenvalue weighted by Crippen LogP contribution is 2.11. The molecule has 1 rings (SSSR count). The minimum Gasteiger partial charge on any atom is -0.347 e. The molecule has 2 N–H and O–H groups in total. The van der Waals surface area contributed by atoms with Crippen LogP contribution in [0.15, 0.2) is 12.4 Å². The Morgan fingerprint density at radius 3 is 2.76 bits per heavy atom. The van der Waals surface area contributed by atoms with Gasteiger partial charge in [-0.1, -0.05) is 6.92 Å². The second kappa shape index (κ2) is 5.81. The first kappa shape index (κ1) is 13.7. The molecule has 0 saturated heterocycles. The van der Waals surface area contributed by atoms with E-state index in [0.29, 0.717) is 12.2 Å². The van der Waals surface area contributed by atoms with Gasteiger partial charge in [-0.15, -0.1) is 0 Å². The van der Waals surface area contributed by atoms with E-state index in [1.165, 1.54) is 0 Å². The van der Waals surface area contributed by atoms with Gasteiger partial charge in [-0.2, -0.15) is 0 Å². The minimum absolute atomic E-state index is 0.0178. The lowest BCUT2D eigenvalue weighted by atomic mass is 10.2. The summed E-state index contributed by atoms with van der Waals surface area (Å²) in [5.41, 5.74) is 0. The molecule has 6 nitrogen and oxygen atoms in total. The van der Waals surface area contributed by atoms with Crippen LogP contribution in [0.4, 0.5) is 0 Å². The van der Waals surface area contributed by atoms with Crippen LogP contribution in [0.5, 0.6) is 0 Å². The predicted molar refractivity (Wildman–Crippen MR) is 64.1 cm³/mol. The Morgan fingerprint density at radius 2 is 2.29 bits per heavy atom. The van der Waals surface area contributed by atoms with E-state index in [-0.39, 0.29) is 24.1 Å². The maximum absolute atomic E-state index is 11.5. The monoisotopic (exact) mass is 259 g/mol. The lowest BCUT2D eigenvalue weighted by Gasteiger charge is -2.14. The number of nitrogens with zero attached hydrogens (tertiary/aromatic N) is 1. The molecule has 7 heteroatoms. The first-order valence-electron chi connectivity index (χ1n) is 5.38. The number of aromatic nitrogens is 2. The largest absolute Gasteiger partial charge is 0.347 e. The summed E-state index contributed by atoms with van der Waals surface area (Å²) in [7, 11) is -3.10. The number of nitrogens with one attached hydrogen (secondary N) is 2. The van der Waals surface area contributed by atoms with Crippen LogP contribution in [-0.2, 0) is 14.6 Å². The summed E-state index contributed by atoms with van der Waals surface area (Å²) in [5, 5.41) is 2.74. The van der Waals surface area contributed by atoms with Crippen molar-refractivity contribution >= 4 is 15.7 Å². The molecule has 0 bridgehead atoms. The molecule has 17 heavy (non-hydrogen) atoms. The third-order valence-electron chi connectivity index (χ3n) is 2.29. The maximum Gasteiger partial charge on any atom is 0.221 e. The van der Waals surface area contributed by atoms with Gasteiger partial charge in [0.15, 0.2) is 0 Å². The molecule has 0 aliphatic heterocycles. The van der Waals surface area contributed by atoms with Gasteiger partial charge in [0.25, 0.3) is 0 Å². The second-order valence-electron chi connectivity index (χ2n) is 3.88. The minimum atomic E-state index is -3.10. The molecular formula is C10H17N3O3S. The van der Waals surface area contributed by atoms with Crippen LogP contribution in [0, 0.1) is 0 Å². The average Bonchev–Trinajstić information content (AvgIpc) is 2.75. The van der Waals surface area contributed by atoms with Crippen molar-refractivity contribution < 1.29 is 13.2 Å². The van der Waals surface area contributed by atoms with Crippen LogP contribution in [0.1, 0.15) is 31.6 Å². The SMILES string of the molecule is CCC(NC(=O)CCS(C)(=O)=O)c1ncc[nH]1. The molecule has 1 unspecified atom stereocenters. The zero-order valence-corrected chi connectivity index (χ0v) is 10.8. The number of aromatic amines is 1. The summed E-state index contributed by atoms with van der Waals surface area (Å²) in [6.07, 6.45) is 5.08. The molecule has 1 heterocycles. The quantitative estimate of drug-likeness (QED) is 0.774. The molecule has 1 aromatic heterocycles. The van der Waals surface area contributed by atoms with E-state index in [4.69, 9.17) is 0 Å². The molecule has 0 aromatic carbocycles. The van der Waals surface area contributed by atoms with E-state index >= 15 is 0 Å². The fraction of sp³-hybridized carbons (Fsp3) is 0.600. The van der Waals surface area contributed by atoms with Gasteiger partial charge in [0.1, 0.15) is 15.7 Å². The number of H-pyrrole nitrogens is 1. The van der Waals surface area contributed by atoms with Gasteiger partial charge >= 0.3 is 0 Å². The standard InChI is InChI=1S/C10H17N3O3S/c1-3-8(10-11-5-6-12-10)13-9(14)4-7-17(2,15)16/h5-6,8H,3-4,7H2,1-2H3,(H,11,12)(H,13,14). The fourth-order valence-corrected chi connectivity index (χ4v) is 1.93. The molecule has 1 amide bonds. The molecular weight excluding hydrogens is 242 g/mol.